The third kappa shape index (κ3) is 2.65. The second-order valence-corrected chi connectivity index (χ2v) is 3.57. The summed E-state index contributed by atoms with van der Waals surface area (Å²) in [7, 11) is 3.06. The van der Waals surface area contributed by atoms with Gasteiger partial charge in [0.1, 0.15) is 0 Å². The average Bonchev–Trinajstić information content (AvgIpc) is 2.78. The van der Waals surface area contributed by atoms with E-state index in [1.807, 2.05) is 30.3 Å². The van der Waals surface area contributed by atoms with Crippen LogP contribution in [0.4, 0.5) is 0 Å². The number of carbonyl (C=O) groups is 1. The van der Waals surface area contributed by atoms with E-state index in [9.17, 15) is 4.79 Å². The number of carbonyl (C=O) groups excluding carboxylic acids is 1. The minimum absolute atomic E-state index is 0.154. The third-order valence-electron chi connectivity index (χ3n) is 2.32. The normalized spacial score (nSPS) is 10.1. The molecule has 2 aromatic rings. The van der Waals surface area contributed by atoms with Crippen molar-refractivity contribution in [3.05, 3.63) is 30.3 Å². The van der Waals surface area contributed by atoms with Crippen LogP contribution in [0.25, 0.3) is 11.4 Å². The molecule has 0 radical (unpaired) electrons. The Morgan fingerprint density at radius 3 is 2.72 bits per heavy atom. The summed E-state index contributed by atoms with van der Waals surface area (Å²) in [6, 6.07) is 9.76. The first-order valence-electron chi connectivity index (χ1n) is 5.37. The number of aromatic nitrogens is 3. The third-order valence-corrected chi connectivity index (χ3v) is 2.32. The van der Waals surface area contributed by atoms with Crippen molar-refractivity contribution in [2.24, 2.45) is 7.05 Å². The van der Waals surface area contributed by atoms with Crippen LogP contribution >= 0.6 is 0 Å². The molecule has 0 amide bonds. The molecule has 6 heteroatoms. The SMILES string of the molecule is COC(=O)COc1nc(-c2ccccc2)n(C)n1. The molecule has 6 nitrogen and oxygen atoms in total. The first kappa shape index (κ1) is 12.1. The minimum Gasteiger partial charge on any atom is -0.466 e. The molecule has 0 spiro atoms. The summed E-state index contributed by atoms with van der Waals surface area (Å²) in [6.45, 7) is -0.200. The number of aryl methyl sites for hydroxylation is 1. The van der Waals surface area contributed by atoms with E-state index < -0.39 is 5.97 Å². The van der Waals surface area contributed by atoms with Crippen LogP contribution < -0.4 is 4.74 Å². The number of hydrogen-bond donors (Lipinski definition) is 0. The van der Waals surface area contributed by atoms with E-state index in [0.717, 1.165) is 5.56 Å². The highest BCUT2D eigenvalue weighted by atomic mass is 16.6. The molecule has 1 aromatic carbocycles. The van der Waals surface area contributed by atoms with Gasteiger partial charge in [-0.2, -0.15) is 4.98 Å². The number of esters is 1. The van der Waals surface area contributed by atoms with Gasteiger partial charge in [0.2, 0.25) is 0 Å². The van der Waals surface area contributed by atoms with Crippen molar-refractivity contribution >= 4 is 5.97 Å². The zero-order valence-corrected chi connectivity index (χ0v) is 10.2. The fourth-order valence-corrected chi connectivity index (χ4v) is 1.44. The molecule has 0 saturated heterocycles. The molecule has 94 valence electrons. The molecule has 0 N–H and O–H groups in total. The topological polar surface area (TPSA) is 66.2 Å². The van der Waals surface area contributed by atoms with E-state index >= 15 is 0 Å². The van der Waals surface area contributed by atoms with Crippen molar-refractivity contribution < 1.29 is 14.3 Å². The van der Waals surface area contributed by atoms with Gasteiger partial charge in [0.05, 0.1) is 7.11 Å². The minimum atomic E-state index is -0.469. The van der Waals surface area contributed by atoms with Gasteiger partial charge in [-0.3, -0.25) is 0 Å². The lowest BCUT2D eigenvalue weighted by atomic mass is 10.2. The molecule has 0 aliphatic heterocycles. The fraction of sp³-hybridized carbons (Fsp3) is 0.250. The lowest BCUT2D eigenvalue weighted by molar-refractivity contribution is -0.143. The van der Waals surface area contributed by atoms with Gasteiger partial charge in [-0.05, 0) is 0 Å². The van der Waals surface area contributed by atoms with E-state index in [1.54, 1.807) is 11.7 Å². The van der Waals surface area contributed by atoms with Crippen LogP contribution in [0.5, 0.6) is 6.01 Å². The second-order valence-electron chi connectivity index (χ2n) is 3.57. The van der Waals surface area contributed by atoms with E-state index in [-0.39, 0.29) is 12.6 Å². The molecule has 0 atom stereocenters. The Labute approximate surface area is 104 Å². The molecular formula is C12H13N3O3. The molecule has 1 heterocycles. The molecule has 18 heavy (non-hydrogen) atoms. The number of nitrogens with zero attached hydrogens (tertiary/aromatic N) is 3. The van der Waals surface area contributed by atoms with Crippen LogP contribution in [0.3, 0.4) is 0 Å². The summed E-state index contributed by atoms with van der Waals surface area (Å²) in [5.74, 6) is 0.208. The molecule has 0 aliphatic rings. The Morgan fingerprint density at radius 1 is 1.33 bits per heavy atom. The predicted molar refractivity (Wildman–Crippen MR) is 64.0 cm³/mol. The summed E-state index contributed by atoms with van der Waals surface area (Å²) in [5, 5.41) is 4.07. The fourth-order valence-electron chi connectivity index (χ4n) is 1.44. The van der Waals surface area contributed by atoms with Gasteiger partial charge in [0.25, 0.3) is 0 Å². The van der Waals surface area contributed by atoms with Crippen molar-refractivity contribution in [1.82, 2.24) is 14.8 Å². The van der Waals surface area contributed by atoms with Crippen molar-refractivity contribution in [3.63, 3.8) is 0 Å². The van der Waals surface area contributed by atoms with Crippen molar-refractivity contribution in [1.29, 1.82) is 0 Å². The molecule has 1 aromatic heterocycles. The van der Waals surface area contributed by atoms with E-state index in [4.69, 9.17) is 4.74 Å². The Kier molecular flexibility index (Phi) is 3.57. The number of methoxy groups -OCH3 is 1. The van der Waals surface area contributed by atoms with Gasteiger partial charge in [-0.25, -0.2) is 9.48 Å². The molecule has 0 aliphatic carbocycles. The maximum atomic E-state index is 10.9. The highest BCUT2D eigenvalue weighted by molar-refractivity contribution is 5.70. The zero-order chi connectivity index (χ0) is 13.0. The van der Waals surface area contributed by atoms with Gasteiger partial charge in [0.15, 0.2) is 12.4 Å². The quantitative estimate of drug-likeness (QED) is 0.755. The smallest absolute Gasteiger partial charge is 0.344 e. The summed E-state index contributed by atoms with van der Waals surface area (Å²) < 4.78 is 11.2. The predicted octanol–water partition coefficient (Wildman–Crippen LogP) is 1.03. The highest BCUT2D eigenvalue weighted by Gasteiger charge is 2.11. The molecular weight excluding hydrogens is 234 g/mol. The second kappa shape index (κ2) is 5.31. The Morgan fingerprint density at radius 2 is 2.06 bits per heavy atom. The maximum absolute atomic E-state index is 10.9. The first-order valence-corrected chi connectivity index (χ1v) is 5.37. The van der Waals surface area contributed by atoms with Gasteiger partial charge in [-0.1, -0.05) is 30.3 Å². The van der Waals surface area contributed by atoms with Gasteiger partial charge in [0, 0.05) is 12.6 Å². The molecule has 0 saturated carbocycles. The summed E-state index contributed by atoms with van der Waals surface area (Å²) in [6.07, 6.45) is 0. The standard InChI is InChI=1S/C12H13N3O3/c1-15-11(9-6-4-3-5-7-9)13-12(14-15)18-8-10(16)17-2/h3-7H,8H2,1-2H3. The number of rotatable bonds is 4. The zero-order valence-electron chi connectivity index (χ0n) is 10.2. The van der Waals surface area contributed by atoms with Crippen LogP contribution in [0.15, 0.2) is 30.3 Å². The molecule has 0 bridgehead atoms. The van der Waals surface area contributed by atoms with Crippen molar-refractivity contribution in [2.45, 2.75) is 0 Å². The van der Waals surface area contributed by atoms with Gasteiger partial charge in [-0.15, -0.1) is 5.10 Å². The largest absolute Gasteiger partial charge is 0.466 e. The monoisotopic (exact) mass is 247 g/mol. The lowest BCUT2D eigenvalue weighted by Crippen LogP contribution is -2.13. The summed E-state index contributed by atoms with van der Waals surface area (Å²) >= 11 is 0. The van der Waals surface area contributed by atoms with Crippen LogP contribution in [0.1, 0.15) is 0 Å². The first-order chi connectivity index (χ1) is 8.70. The van der Waals surface area contributed by atoms with Gasteiger partial charge < -0.3 is 9.47 Å². The average molecular weight is 247 g/mol. The van der Waals surface area contributed by atoms with Crippen LogP contribution in [-0.4, -0.2) is 34.5 Å². The van der Waals surface area contributed by atoms with E-state index in [2.05, 4.69) is 14.8 Å². The Balaban J connectivity index is 2.15. The van der Waals surface area contributed by atoms with Crippen LogP contribution in [0.2, 0.25) is 0 Å². The Bertz CT molecular complexity index is 537. The Hall–Kier alpha value is -2.37. The van der Waals surface area contributed by atoms with Crippen molar-refractivity contribution in [2.75, 3.05) is 13.7 Å². The molecule has 0 fully saturated rings. The maximum Gasteiger partial charge on any atom is 0.344 e. The number of ether oxygens (including phenoxy) is 2. The molecule has 2 rings (SSSR count). The van der Waals surface area contributed by atoms with Crippen LogP contribution in [-0.2, 0) is 16.6 Å². The summed E-state index contributed by atoms with van der Waals surface area (Å²) in [4.78, 5) is 15.1. The van der Waals surface area contributed by atoms with E-state index in [1.165, 1.54) is 7.11 Å². The van der Waals surface area contributed by atoms with Crippen LogP contribution in [0, 0.1) is 0 Å². The molecule has 0 unspecified atom stereocenters. The number of hydrogen-bond acceptors (Lipinski definition) is 5. The highest BCUT2D eigenvalue weighted by Crippen LogP contribution is 2.18. The lowest BCUT2D eigenvalue weighted by Gasteiger charge is -1.98. The van der Waals surface area contributed by atoms with E-state index in [0.29, 0.717) is 5.82 Å². The van der Waals surface area contributed by atoms with Crippen molar-refractivity contribution in [3.8, 4) is 17.4 Å². The number of benzene rings is 1. The summed E-state index contributed by atoms with van der Waals surface area (Å²) in [5.41, 5.74) is 0.931. The van der Waals surface area contributed by atoms with Gasteiger partial charge >= 0.3 is 12.0 Å².